The van der Waals surface area contributed by atoms with E-state index in [0.717, 1.165) is 13.2 Å². The van der Waals surface area contributed by atoms with Gasteiger partial charge in [-0.3, -0.25) is 10.1 Å². The Labute approximate surface area is 166 Å². The molecule has 2 aromatic carbocycles. The molecule has 0 aliphatic heterocycles. The largest absolute Gasteiger partial charge is 0.507 e. The van der Waals surface area contributed by atoms with Gasteiger partial charge in [-0.2, -0.15) is 13.2 Å². The number of phenols is 1. The lowest BCUT2D eigenvalue weighted by atomic mass is 9.97. The van der Waals surface area contributed by atoms with E-state index in [1.165, 1.54) is 36.4 Å². The fourth-order valence-electron chi connectivity index (χ4n) is 3.06. The summed E-state index contributed by atoms with van der Waals surface area (Å²) < 4.78 is 59.2. The molecule has 0 aliphatic carbocycles. The molecule has 0 aromatic heterocycles. The minimum Gasteiger partial charge on any atom is -0.507 e. The van der Waals surface area contributed by atoms with E-state index in [2.05, 4.69) is 10.1 Å². The molecule has 0 amide bonds. The number of esters is 1. The van der Waals surface area contributed by atoms with E-state index < -0.39 is 35.8 Å². The van der Waals surface area contributed by atoms with Gasteiger partial charge in [-0.05, 0) is 41.7 Å². The third-order valence-electron chi connectivity index (χ3n) is 4.38. The van der Waals surface area contributed by atoms with Crippen LogP contribution in [0.25, 0.3) is 11.1 Å². The van der Waals surface area contributed by atoms with Gasteiger partial charge in [-0.15, -0.1) is 0 Å². The number of nitrogens with one attached hydrogen (secondary N) is 1. The Kier molecular flexibility index (Phi) is 7.24. The maximum atomic E-state index is 13.7. The summed E-state index contributed by atoms with van der Waals surface area (Å²) in [5, 5.41) is 12.6. The lowest BCUT2D eigenvalue weighted by Gasteiger charge is -2.27. The number of phenolic OH excluding ortho intramolecular Hbond substituents is 1. The summed E-state index contributed by atoms with van der Waals surface area (Å²) >= 11 is 0. The summed E-state index contributed by atoms with van der Waals surface area (Å²) in [5.74, 6) is -1.81. The molecule has 0 saturated heterocycles. The molecule has 0 radical (unpaired) electrons. The molecule has 2 N–H and O–H groups in total. The maximum Gasteiger partial charge on any atom is 0.407 e. The van der Waals surface area contributed by atoms with E-state index in [4.69, 9.17) is 0 Å². The van der Waals surface area contributed by atoms with Crippen LogP contribution in [0.4, 0.5) is 17.6 Å². The van der Waals surface area contributed by atoms with Crippen molar-refractivity contribution in [2.24, 2.45) is 5.92 Å². The first kappa shape index (κ1) is 22.7. The van der Waals surface area contributed by atoms with Gasteiger partial charge in [-0.25, -0.2) is 4.39 Å². The normalized spacial score (nSPS) is 13.9. The highest BCUT2D eigenvalue weighted by Gasteiger charge is 2.43. The molecule has 0 spiro atoms. The van der Waals surface area contributed by atoms with Crippen LogP contribution in [0.3, 0.4) is 0 Å². The van der Waals surface area contributed by atoms with Gasteiger partial charge in [0.1, 0.15) is 23.7 Å². The van der Waals surface area contributed by atoms with E-state index in [9.17, 15) is 27.5 Å². The number of carbonyl (C=O) groups is 1. The van der Waals surface area contributed by atoms with Crippen molar-refractivity contribution in [3.8, 4) is 16.9 Å². The van der Waals surface area contributed by atoms with Gasteiger partial charge in [0.2, 0.25) is 0 Å². The average molecular weight is 413 g/mol. The lowest BCUT2D eigenvalue weighted by Crippen LogP contribution is -2.45. The van der Waals surface area contributed by atoms with Crippen molar-refractivity contribution in [2.75, 3.05) is 7.11 Å². The smallest absolute Gasteiger partial charge is 0.407 e. The Hall–Kier alpha value is -2.61. The van der Waals surface area contributed by atoms with E-state index in [1.54, 1.807) is 13.8 Å². The molecule has 0 saturated carbocycles. The van der Waals surface area contributed by atoms with Crippen LogP contribution in [0.15, 0.2) is 42.5 Å². The quantitative estimate of drug-likeness (QED) is 0.497. The molecule has 2 unspecified atom stereocenters. The number of rotatable bonds is 7. The van der Waals surface area contributed by atoms with E-state index >= 15 is 0 Å². The van der Waals surface area contributed by atoms with E-state index in [1.807, 2.05) is 0 Å². The van der Waals surface area contributed by atoms with Crippen molar-refractivity contribution in [3.63, 3.8) is 0 Å². The monoisotopic (exact) mass is 413 g/mol. The highest BCUT2D eigenvalue weighted by atomic mass is 19.4. The maximum absolute atomic E-state index is 13.7. The van der Waals surface area contributed by atoms with E-state index in [0.29, 0.717) is 5.56 Å². The van der Waals surface area contributed by atoms with Crippen molar-refractivity contribution >= 4 is 5.97 Å². The summed E-state index contributed by atoms with van der Waals surface area (Å²) in [6, 6.07) is 5.44. The highest BCUT2D eigenvalue weighted by Crippen LogP contribution is 2.38. The van der Waals surface area contributed by atoms with Crippen LogP contribution >= 0.6 is 0 Å². The third-order valence-corrected chi connectivity index (χ3v) is 4.38. The molecule has 8 heteroatoms. The molecule has 2 rings (SSSR count). The van der Waals surface area contributed by atoms with Gasteiger partial charge in [0, 0.05) is 5.56 Å². The summed E-state index contributed by atoms with van der Waals surface area (Å²) in [6.07, 6.45) is -4.58. The Morgan fingerprint density at radius 2 is 1.86 bits per heavy atom. The van der Waals surface area contributed by atoms with Crippen LogP contribution in [0.2, 0.25) is 0 Å². The second-order valence-electron chi connectivity index (χ2n) is 7.13. The molecule has 158 valence electrons. The summed E-state index contributed by atoms with van der Waals surface area (Å²) in [5.41, 5.74) is 0.256. The number of methoxy groups -OCH3 is 1. The Bertz CT molecular complexity index is 852. The number of aromatic hydroxyl groups is 1. The van der Waals surface area contributed by atoms with Crippen LogP contribution in [0, 0.1) is 11.7 Å². The zero-order valence-corrected chi connectivity index (χ0v) is 16.3. The van der Waals surface area contributed by atoms with E-state index in [-0.39, 0.29) is 23.5 Å². The number of ether oxygens (including phenoxy) is 1. The van der Waals surface area contributed by atoms with Gasteiger partial charge >= 0.3 is 12.1 Å². The topological polar surface area (TPSA) is 58.6 Å². The predicted octanol–water partition coefficient (Wildman–Crippen LogP) is 4.98. The molecule has 2 atom stereocenters. The summed E-state index contributed by atoms with van der Waals surface area (Å²) in [4.78, 5) is 11.9. The standard InChI is InChI=1S/C21H23F4NO3/c1-12(2)9-17(20(28)29-3)26-19(21(23,24)25)14-7-8-16(18(27)11-14)13-5-4-6-15(22)10-13/h4-8,10-12,17,19,26-27H,9H2,1-3H3. The van der Waals surface area contributed by atoms with Crippen molar-refractivity contribution < 1.29 is 32.2 Å². The van der Waals surface area contributed by atoms with Gasteiger partial charge in [-0.1, -0.05) is 38.1 Å². The zero-order chi connectivity index (χ0) is 21.8. The number of benzene rings is 2. The number of hydrogen-bond donors (Lipinski definition) is 2. The third kappa shape index (κ3) is 5.93. The first-order valence-corrected chi connectivity index (χ1v) is 9.02. The van der Waals surface area contributed by atoms with Crippen LogP contribution < -0.4 is 5.32 Å². The van der Waals surface area contributed by atoms with Crippen molar-refractivity contribution in [1.82, 2.24) is 5.32 Å². The Morgan fingerprint density at radius 1 is 1.17 bits per heavy atom. The van der Waals surface area contributed by atoms with Crippen LogP contribution in [-0.4, -0.2) is 30.4 Å². The second-order valence-corrected chi connectivity index (χ2v) is 7.13. The molecular weight excluding hydrogens is 390 g/mol. The molecule has 0 fully saturated rings. The Morgan fingerprint density at radius 3 is 2.38 bits per heavy atom. The van der Waals surface area contributed by atoms with Crippen molar-refractivity contribution in [2.45, 2.75) is 38.5 Å². The van der Waals surface area contributed by atoms with Crippen LogP contribution in [-0.2, 0) is 9.53 Å². The number of halogens is 4. The first-order valence-electron chi connectivity index (χ1n) is 9.02. The SMILES string of the molecule is COC(=O)C(CC(C)C)NC(c1ccc(-c2cccc(F)c2)c(O)c1)C(F)(F)F. The predicted molar refractivity (Wildman–Crippen MR) is 101 cm³/mol. The van der Waals surface area contributed by atoms with Gasteiger partial charge < -0.3 is 9.84 Å². The van der Waals surface area contributed by atoms with Crippen LogP contribution in [0.5, 0.6) is 5.75 Å². The van der Waals surface area contributed by atoms with Crippen molar-refractivity contribution in [3.05, 3.63) is 53.8 Å². The minimum absolute atomic E-state index is 0.0516. The highest BCUT2D eigenvalue weighted by molar-refractivity contribution is 5.76. The molecule has 2 aromatic rings. The van der Waals surface area contributed by atoms with Crippen molar-refractivity contribution in [1.29, 1.82) is 0 Å². The Balaban J connectivity index is 2.40. The van der Waals surface area contributed by atoms with Gasteiger partial charge in [0.25, 0.3) is 0 Å². The number of carbonyl (C=O) groups excluding carboxylic acids is 1. The first-order chi connectivity index (χ1) is 13.5. The number of hydrogen-bond acceptors (Lipinski definition) is 4. The second kappa shape index (κ2) is 9.26. The molecular formula is C21H23F4NO3. The number of alkyl halides is 3. The summed E-state index contributed by atoms with van der Waals surface area (Å²) in [7, 11) is 1.11. The molecule has 0 bridgehead atoms. The molecule has 4 nitrogen and oxygen atoms in total. The minimum atomic E-state index is -4.73. The zero-order valence-electron chi connectivity index (χ0n) is 16.3. The fourth-order valence-corrected chi connectivity index (χ4v) is 3.06. The lowest BCUT2D eigenvalue weighted by molar-refractivity contribution is -0.164. The molecule has 0 heterocycles. The van der Waals surface area contributed by atoms with Gasteiger partial charge in [0.05, 0.1) is 7.11 Å². The fraction of sp³-hybridized carbons (Fsp3) is 0.381. The molecule has 0 aliphatic rings. The van der Waals surface area contributed by atoms with Gasteiger partial charge in [0.15, 0.2) is 0 Å². The summed E-state index contributed by atoms with van der Waals surface area (Å²) in [6.45, 7) is 3.56. The average Bonchev–Trinajstić information content (AvgIpc) is 2.63. The van der Waals surface area contributed by atoms with Crippen LogP contribution in [0.1, 0.15) is 31.9 Å². The molecule has 29 heavy (non-hydrogen) atoms.